The quantitative estimate of drug-likeness (QED) is 0.687. The van der Waals surface area contributed by atoms with Crippen LogP contribution in [0.5, 0.6) is 0 Å². The van der Waals surface area contributed by atoms with Crippen LogP contribution >= 0.6 is 0 Å². The third kappa shape index (κ3) is 3.98. The van der Waals surface area contributed by atoms with Gasteiger partial charge in [-0.1, -0.05) is 12.1 Å². The van der Waals surface area contributed by atoms with Crippen molar-refractivity contribution < 1.29 is 5.11 Å². The van der Waals surface area contributed by atoms with Gasteiger partial charge in [0.15, 0.2) is 0 Å². The summed E-state index contributed by atoms with van der Waals surface area (Å²) in [5, 5.41) is 31.8. The number of nitrogens with one attached hydrogen (secondary N) is 1. The second-order valence-electron chi connectivity index (χ2n) is 7.49. The maximum Gasteiger partial charge on any atom is 0.0991 e. The number of hydrogen-bond donors (Lipinski definition) is 2. The summed E-state index contributed by atoms with van der Waals surface area (Å²) in [5.41, 5.74) is 3.60. The van der Waals surface area contributed by atoms with E-state index in [0.717, 1.165) is 36.2 Å². The molecule has 1 aromatic carbocycles. The molecule has 3 aromatic rings. The van der Waals surface area contributed by atoms with Crippen LogP contribution in [-0.2, 0) is 20.1 Å². The molecule has 4 rings (SSSR count). The maximum absolute atomic E-state index is 10.5. The summed E-state index contributed by atoms with van der Waals surface area (Å²) in [5.74, 6) is 0.416. The van der Waals surface area contributed by atoms with Crippen molar-refractivity contribution in [1.82, 2.24) is 24.9 Å². The molecule has 1 fully saturated rings. The number of aliphatic hydroxyl groups is 1. The van der Waals surface area contributed by atoms with Gasteiger partial charge in [-0.2, -0.15) is 15.5 Å². The van der Waals surface area contributed by atoms with Crippen molar-refractivity contribution in [2.75, 3.05) is 0 Å². The van der Waals surface area contributed by atoms with Crippen molar-refractivity contribution in [2.45, 2.75) is 38.1 Å². The average molecular weight is 376 g/mol. The Bertz CT molecular complexity index is 954. The summed E-state index contributed by atoms with van der Waals surface area (Å²) < 4.78 is 3.74. The first-order valence-electron chi connectivity index (χ1n) is 9.54. The predicted molar refractivity (Wildman–Crippen MR) is 105 cm³/mol. The van der Waals surface area contributed by atoms with E-state index in [0.29, 0.717) is 18.0 Å². The molecule has 1 saturated carbocycles. The van der Waals surface area contributed by atoms with E-state index >= 15 is 0 Å². The number of nitriles is 1. The van der Waals surface area contributed by atoms with Crippen LogP contribution in [0.1, 0.15) is 24.0 Å². The number of aromatic nitrogens is 4. The molecule has 144 valence electrons. The molecule has 7 nitrogen and oxygen atoms in total. The van der Waals surface area contributed by atoms with Crippen LogP contribution in [0.2, 0.25) is 0 Å². The zero-order chi connectivity index (χ0) is 19.5. The van der Waals surface area contributed by atoms with E-state index in [1.807, 2.05) is 54.5 Å². The first-order chi connectivity index (χ1) is 13.6. The Kier molecular flexibility index (Phi) is 5.24. The molecule has 0 aliphatic heterocycles. The monoisotopic (exact) mass is 376 g/mol. The lowest BCUT2D eigenvalue weighted by atomic mass is 10.1. The lowest BCUT2D eigenvalue weighted by Gasteiger charge is -2.16. The number of hydrogen-bond acceptors (Lipinski definition) is 5. The summed E-state index contributed by atoms with van der Waals surface area (Å²) >= 11 is 0. The van der Waals surface area contributed by atoms with Crippen molar-refractivity contribution in [3.8, 4) is 17.3 Å². The second kappa shape index (κ2) is 7.97. The zero-order valence-electron chi connectivity index (χ0n) is 15.9. The van der Waals surface area contributed by atoms with Gasteiger partial charge in [0.1, 0.15) is 0 Å². The normalized spacial score (nSPS) is 21.7. The molecule has 1 aliphatic carbocycles. The van der Waals surface area contributed by atoms with Crippen LogP contribution in [0, 0.1) is 17.2 Å². The first-order valence-corrected chi connectivity index (χ1v) is 9.54. The van der Waals surface area contributed by atoms with Crippen LogP contribution in [0.15, 0.2) is 48.9 Å². The van der Waals surface area contributed by atoms with Crippen LogP contribution in [0.25, 0.3) is 11.3 Å². The predicted octanol–water partition coefficient (Wildman–Crippen LogP) is 2.08. The highest BCUT2D eigenvalue weighted by Crippen LogP contribution is 2.28. The fraction of sp³-hybridized carbons (Fsp3) is 0.381. The lowest BCUT2D eigenvalue weighted by Crippen LogP contribution is -2.35. The van der Waals surface area contributed by atoms with E-state index in [9.17, 15) is 5.11 Å². The van der Waals surface area contributed by atoms with Crippen LogP contribution in [0.3, 0.4) is 0 Å². The Balaban J connectivity index is 1.41. The summed E-state index contributed by atoms with van der Waals surface area (Å²) in [6.07, 6.45) is 7.11. The molecule has 7 heteroatoms. The highest BCUT2D eigenvalue weighted by atomic mass is 16.3. The molecule has 1 aliphatic rings. The number of nitrogens with zero attached hydrogens (tertiary/aromatic N) is 5. The summed E-state index contributed by atoms with van der Waals surface area (Å²) in [4.78, 5) is 0. The van der Waals surface area contributed by atoms with Gasteiger partial charge in [-0.05, 0) is 37.0 Å². The molecule has 2 aromatic heterocycles. The van der Waals surface area contributed by atoms with E-state index in [-0.39, 0.29) is 12.1 Å². The average Bonchev–Trinajstić information content (AvgIpc) is 3.41. The highest BCUT2D eigenvalue weighted by Gasteiger charge is 2.33. The van der Waals surface area contributed by atoms with Gasteiger partial charge in [-0.15, -0.1) is 0 Å². The standard InChI is InChI=1S/C21H24N6O/c1-26-14-18(21(25-26)17-5-3-15(11-22)4-6-17)12-23-19-9-16(10-20(19)28)13-27-8-2-7-24-27/h2-8,14,16,19-20,23,28H,9-10,12-13H2,1H3/t16?,19-,20-/m1/s1. The Labute approximate surface area is 164 Å². The molecule has 2 heterocycles. The molecule has 0 radical (unpaired) electrons. The van der Waals surface area contributed by atoms with Gasteiger partial charge in [0.2, 0.25) is 0 Å². The number of benzene rings is 1. The van der Waals surface area contributed by atoms with Crippen LogP contribution in [-0.4, -0.2) is 36.8 Å². The topological polar surface area (TPSA) is 91.7 Å². The van der Waals surface area contributed by atoms with Crippen LogP contribution in [0.4, 0.5) is 0 Å². The Morgan fingerprint density at radius 3 is 2.82 bits per heavy atom. The van der Waals surface area contributed by atoms with Crippen molar-refractivity contribution in [3.05, 3.63) is 60.0 Å². The molecule has 3 atom stereocenters. The minimum absolute atomic E-state index is 0.0644. The van der Waals surface area contributed by atoms with Gasteiger partial charge in [0.25, 0.3) is 0 Å². The van der Waals surface area contributed by atoms with Gasteiger partial charge in [-0.25, -0.2) is 0 Å². The lowest BCUT2D eigenvalue weighted by molar-refractivity contribution is 0.145. The largest absolute Gasteiger partial charge is 0.391 e. The van der Waals surface area contributed by atoms with E-state index in [2.05, 4.69) is 21.6 Å². The molecule has 28 heavy (non-hydrogen) atoms. The minimum atomic E-state index is -0.351. The van der Waals surface area contributed by atoms with Crippen molar-refractivity contribution >= 4 is 0 Å². The van der Waals surface area contributed by atoms with Gasteiger partial charge >= 0.3 is 0 Å². The molecule has 0 amide bonds. The van der Waals surface area contributed by atoms with Gasteiger partial charge < -0.3 is 10.4 Å². The van der Waals surface area contributed by atoms with Gasteiger partial charge in [-0.3, -0.25) is 9.36 Å². The minimum Gasteiger partial charge on any atom is -0.391 e. The van der Waals surface area contributed by atoms with Gasteiger partial charge in [0.05, 0.1) is 23.4 Å². The molecule has 0 bridgehead atoms. The fourth-order valence-electron chi connectivity index (χ4n) is 4.01. The van der Waals surface area contributed by atoms with E-state index in [1.165, 1.54) is 0 Å². The maximum atomic E-state index is 10.5. The molecular weight excluding hydrogens is 352 g/mol. The third-order valence-electron chi connectivity index (χ3n) is 5.38. The zero-order valence-corrected chi connectivity index (χ0v) is 15.9. The van der Waals surface area contributed by atoms with Crippen LogP contribution < -0.4 is 5.32 Å². The van der Waals surface area contributed by atoms with E-state index in [1.54, 1.807) is 10.9 Å². The number of rotatable bonds is 6. The second-order valence-corrected chi connectivity index (χ2v) is 7.49. The summed E-state index contributed by atoms with van der Waals surface area (Å²) in [6.45, 7) is 1.48. The molecule has 2 N–H and O–H groups in total. The summed E-state index contributed by atoms with van der Waals surface area (Å²) in [6, 6.07) is 11.6. The van der Waals surface area contributed by atoms with Crippen molar-refractivity contribution in [3.63, 3.8) is 0 Å². The highest BCUT2D eigenvalue weighted by molar-refractivity contribution is 5.63. The molecule has 0 saturated heterocycles. The van der Waals surface area contributed by atoms with Crippen molar-refractivity contribution in [1.29, 1.82) is 5.26 Å². The molecule has 0 spiro atoms. The number of aliphatic hydroxyl groups excluding tert-OH is 1. The first kappa shape index (κ1) is 18.4. The Morgan fingerprint density at radius 1 is 1.29 bits per heavy atom. The third-order valence-corrected chi connectivity index (χ3v) is 5.38. The Morgan fingerprint density at radius 2 is 2.11 bits per heavy atom. The smallest absolute Gasteiger partial charge is 0.0991 e. The molecular formula is C21H24N6O. The summed E-state index contributed by atoms with van der Waals surface area (Å²) in [7, 11) is 1.90. The van der Waals surface area contributed by atoms with E-state index in [4.69, 9.17) is 5.26 Å². The molecule has 1 unspecified atom stereocenters. The fourth-order valence-corrected chi connectivity index (χ4v) is 4.01. The SMILES string of the molecule is Cn1cc(CN[C@@H]2CC(Cn3cccn3)C[C@H]2O)c(-c2ccc(C#N)cc2)n1. The van der Waals surface area contributed by atoms with Gasteiger partial charge in [0, 0.05) is 55.9 Å². The van der Waals surface area contributed by atoms with E-state index < -0.39 is 0 Å². The Hall–Kier alpha value is -2.95. The van der Waals surface area contributed by atoms with Crippen molar-refractivity contribution in [2.24, 2.45) is 13.0 Å². The number of aryl methyl sites for hydroxylation is 1.